The van der Waals surface area contributed by atoms with Crippen LogP contribution in [0.15, 0.2) is 36.4 Å². The van der Waals surface area contributed by atoms with E-state index in [1.807, 2.05) is 52.0 Å². The molecule has 6 heteroatoms. The molecule has 0 unspecified atom stereocenters. The van der Waals surface area contributed by atoms with Crippen LogP contribution < -0.4 is 9.62 Å². The number of nitrogens with one attached hydrogen (secondary N) is 1. The predicted octanol–water partition coefficient (Wildman–Crippen LogP) is 3.71. The Balaban J connectivity index is 2.37. The van der Waals surface area contributed by atoms with E-state index < -0.39 is 16.1 Å². The second-order valence-electron chi connectivity index (χ2n) is 6.89. The van der Waals surface area contributed by atoms with Crippen LogP contribution in [0.25, 0.3) is 0 Å². The minimum Gasteiger partial charge on any atom is -0.324 e. The van der Waals surface area contributed by atoms with Crippen LogP contribution in [-0.4, -0.2) is 26.6 Å². The van der Waals surface area contributed by atoms with Gasteiger partial charge >= 0.3 is 0 Å². The average Bonchev–Trinajstić information content (AvgIpc) is 2.47. The molecule has 0 fully saturated rings. The summed E-state index contributed by atoms with van der Waals surface area (Å²) in [5.41, 5.74) is 5.09. The number of hydrogen-bond acceptors (Lipinski definition) is 3. The highest BCUT2D eigenvalue weighted by Gasteiger charge is 2.29. The van der Waals surface area contributed by atoms with Gasteiger partial charge in [0.15, 0.2) is 0 Å². The van der Waals surface area contributed by atoms with Crippen molar-refractivity contribution in [3.8, 4) is 0 Å². The zero-order chi connectivity index (χ0) is 19.6. The Labute approximate surface area is 156 Å². The topological polar surface area (TPSA) is 66.5 Å². The summed E-state index contributed by atoms with van der Waals surface area (Å²) >= 11 is 0. The van der Waals surface area contributed by atoms with Crippen molar-refractivity contribution in [2.45, 2.75) is 40.7 Å². The maximum atomic E-state index is 12.8. The lowest BCUT2D eigenvalue weighted by atomic mass is 10.1. The third-order valence-corrected chi connectivity index (χ3v) is 5.43. The Morgan fingerprint density at radius 1 is 0.962 bits per heavy atom. The van der Waals surface area contributed by atoms with Crippen molar-refractivity contribution in [2.24, 2.45) is 0 Å². The van der Waals surface area contributed by atoms with E-state index >= 15 is 0 Å². The van der Waals surface area contributed by atoms with Gasteiger partial charge in [0.1, 0.15) is 6.04 Å². The molecule has 2 aromatic rings. The number of amides is 1. The van der Waals surface area contributed by atoms with Crippen LogP contribution >= 0.6 is 0 Å². The van der Waals surface area contributed by atoms with Gasteiger partial charge in [0.05, 0.1) is 11.9 Å². The van der Waals surface area contributed by atoms with E-state index in [1.54, 1.807) is 19.1 Å². The summed E-state index contributed by atoms with van der Waals surface area (Å²) in [6, 6.07) is 10.3. The average molecular weight is 375 g/mol. The van der Waals surface area contributed by atoms with Crippen molar-refractivity contribution in [3.63, 3.8) is 0 Å². The van der Waals surface area contributed by atoms with Crippen molar-refractivity contribution in [2.75, 3.05) is 15.9 Å². The summed E-state index contributed by atoms with van der Waals surface area (Å²) in [4.78, 5) is 12.8. The van der Waals surface area contributed by atoms with E-state index in [1.165, 1.54) is 4.31 Å². The van der Waals surface area contributed by atoms with Crippen LogP contribution in [0.5, 0.6) is 0 Å². The molecule has 0 saturated heterocycles. The van der Waals surface area contributed by atoms with Gasteiger partial charge in [-0.25, -0.2) is 8.42 Å². The molecular weight excluding hydrogens is 348 g/mol. The van der Waals surface area contributed by atoms with Gasteiger partial charge in [-0.1, -0.05) is 23.8 Å². The quantitative estimate of drug-likeness (QED) is 0.867. The predicted molar refractivity (Wildman–Crippen MR) is 107 cm³/mol. The van der Waals surface area contributed by atoms with E-state index in [0.717, 1.165) is 28.5 Å². The molecule has 2 rings (SSSR count). The SMILES string of the molecule is Cc1cc(C)cc(N([C@@H](C)C(=O)Nc2ccc(C)cc2C)S(C)(=O)=O)c1. The molecule has 1 atom stereocenters. The van der Waals surface area contributed by atoms with Crippen LogP contribution in [0.1, 0.15) is 29.2 Å². The van der Waals surface area contributed by atoms with E-state index in [2.05, 4.69) is 5.32 Å². The Hall–Kier alpha value is -2.34. The summed E-state index contributed by atoms with van der Waals surface area (Å²) in [5, 5.41) is 2.84. The Morgan fingerprint density at radius 3 is 2.04 bits per heavy atom. The van der Waals surface area contributed by atoms with Crippen LogP contribution in [0.4, 0.5) is 11.4 Å². The molecule has 0 aliphatic heterocycles. The number of anilines is 2. The number of rotatable bonds is 5. The van der Waals surface area contributed by atoms with Gasteiger partial charge in [0, 0.05) is 5.69 Å². The zero-order valence-corrected chi connectivity index (χ0v) is 16.9. The number of benzene rings is 2. The monoisotopic (exact) mass is 374 g/mol. The smallest absolute Gasteiger partial charge is 0.248 e. The molecule has 1 amide bonds. The fourth-order valence-electron chi connectivity index (χ4n) is 3.08. The number of hydrogen-bond donors (Lipinski definition) is 1. The maximum Gasteiger partial charge on any atom is 0.248 e. The fraction of sp³-hybridized carbons (Fsp3) is 0.350. The van der Waals surface area contributed by atoms with Crippen LogP contribution in [0, 0.1) is 27.7 Å². The first-order valence-electron chi connectivity index (χ1n) is 8.45. The van der Waals surface area contributed by atoms with Crippen molar-refractivity contribution < 1.29 is 13.2 Å². The van der Waals surface area contributed by atoms with Crippen molar-refractivity contribution in [1.29, 1.82) is 0 Å². The molecule has 140 valence electrons. The molecule has 0 aromatic heterocycles. The summed E-state index contributed by atoms with van der Waals surface area (Å²) in [7, 11) is -3.63. The van der Waals surface area contributed by atoms with Crippen molar-refractivity contribution >= 4 is 27.3 Å². The third-order valence-electron chi connectivity index (χ3n) is 4.19. The standard InChI is InChI=1S/C20H26N2O3S/c1-13-7-8-19(16(4)10-13)21-20(23)17(5)22(26(6,24)25)18-11-14(2)9-15(3)12-18/h7-12,17H,1-6H3,(H,21,23)/t17-/m0/s1. The normalized spacial score (nSPS) is 12.5. The molecule has 1 N–H and O–H groups in total. The lowest BCUT2D eigenvalue weighted by Gasteiger charge is -2.29. The molecule has 0 aliphatic carbocycles. The zero-order valence-electron chi connectivity index (χ0n) is 16.1. The van der Waals surface area contributed by atoms with Gasteiger partial charge in [-0.3, -0.25) is 9.10 Å². The number of aryl methyl sites for hydroxylation is 4. The molecule has 0 spiro atoms. The van der Waals surface area contributed by atoms with E-state index in [-0.39, 0.29) is 5.91 Å². The van der Waals surface area contributed by atoms with Crippen LogP contribution in [0.3, 0.4) is 0 Å². The molecule has 0 heterocycles. The van der Waals surface area contributed by atoms with Gasteiger partial charge in [0.25, 0.3) is 0 Å². The molecule has 5 nitrogen and oxygen atoms in total. The summed E-state index contributed by atoms with van der Waals surface area (Å²) in [6.07, 6.45) is 1.12. The summed E-state index contributed by atoms with van der Waals surface area (Å²) in [5.74, 6) is -0.374. The number of carbonyl (C=O) groups excluding carboxylic acids is 1. The van der Waals surface area contributed by atoms with E-state index in [4.69, 9.17) is 0 Å². The maximum absolute atomic E-state index is 12.8. The largest absolute Gasteiger partial charge is 0.324 e. The van der Waals surface area contributed by atoms with Crippen LogP contribution in [-0.2, 0) is 14.8 Å². The third kappa shape index (κ3) is 4.64. The highest BCUT2D eigenvalue weighted by atomic mass is 32.2. The van der Waals surface area contributed by atoms with Crippen molar-refractivity contribution in [1.82, 2.24) is 0 Å². The number of sulfonamides is 1. The molecule has 0 saturated carbocycles. The van der Waals surface area contributed by atoms with Crippen LogP contribution in [0.2, 0.25) is 0 Å². The molecule has 0 radical (unpaired) electrons. The molecular formula is C20H26N2O3S. The van der Waals surface area contributed by atoms with Gasteiger partial charge in [-0.05, 0) is 69.5 Å². The Morgan fingerprint density at radius 2 is 1.54 bits per heavy atom. The van der Waals surface area contributed by atoms with Gasteiger partial charge < -0.3 is 5.32 Å². The lowest BCUT2D eigenvalue weighted by molar-refractivity contribution is -0.116. The lowest BCUT2D eigenvalue weighted by Crippen LogP contribution is -2.45. The fourth-order valence-corrected chi connectivity index (χ4v) is 4.24. The summed E-state index contributed by atoms with van der Waals surface area (Å²) in [6.45, 7) is 9.28. The second-order valence-corrected chi connectivity index (χ2v) is 8.75. The number of carbonyl (C=O) groups is 1. The molecule has 2 aromatic carbocycles. The number of nitrogens with zero attached hydrogens (tertiary/aromatic N) is 1. The van der Waals surface area contributed by atoms with Gasteiger partial charge in [-0.2, -0.15) is 0 Å². The molecule has 0 bridgehead atoms. The molecule has 26 heavy (non-hydrogen) atoms. The highest BCUT2D eigenvalue weighted by molar-refractivity contribution is 7.92. The van der Waals surface area contributed by atoms with Crippen molar-refractivity contribution in [3.05, 3.63) is 58.7 Å². The van der Waals surface area contributed by atoms with Gasteiger partial charge in [-0.15, -0.1) is 0 Å². The summed E-state index contributed by atoms with van der Waals surface area (Å²) < 4.78 is 26.0. The second kappa shape index (κ2) is 7.50. The first kappa shape index (κ1) is 20.0. The first-order valence-corrected chi connectivity index (χ1v) is 10.3. The minimum atomic E-state index is -3.63. The van der Waals surface area contributed by atoms with E-state index in [9.17, 15) is 13.2 Å². The van der Waals surface area contributed by atoms with E-state index in [0.29, 0.717) is 11.4 Å². The highest BCUT2D eigenvalue weighted by Crippen LogP contribution is 2.25. The minimum absolute atomic E-state index is 0.374. The molecule has 0 aliphatic rings. The first-order chi connectivity index (χ1) is 12.0. The van der Waals surface area contributed by atoms with Gasteiger partial charge in [0.2, 0.25) is 15.9 Å². The Kier molecular flexibility index (Phi) is 5.76. The Bertz CT molecular complexity index is 916.